The highest BCUT2D eigenvalue weighted by atomic mass is 35.5. The lowest BCUT2D eigenvalue weighted by Crippen LogP contribution is -2.37. The average molecular weight is 377 g/mol. The summed E-state index contributed by atoms with van der Waals surface area (Å²) in [4.78, 5) is 23.3. The summed E-state index contributed by atoms with van der Waals surface area (Å²) in [5.41, 5.74) is 2.01. The molecule has 0 saturated heterocycles. The molecule has 2 rings (SSSR count). The third-order valence-corrected chi connectivity index (χ3v) is 3.71. The largest absolute Gasteiger partial charge is 0.483 e. The van der Waals surface area contributed by atoms with Crippen LogP contribution in [0.5, 0.6) is 5.75 Å². The number of carbonyl (C=O) groups excluding carboxylic acids is 2. The number of hydrogen-bond acceptors (Lipinski definition) is 4. The number of aryl methyl sites for hydroxylation is 1. The summed E-state index contributed by atoms with van der Waals surface area (Å²) in [6.07, 6.45) is 0. The van der Waals surface area contributed by atoms with Crippen molar-refractivity contribution in [2.45, 2.75) is 13.8 Å². The van der Waals surface area contributed by atoms with Gasteiger partial charge in [0.15, 0.2) is 17.5 Å². The highest BCUT2D eigenvalue weighted by Gasteiger charge is 2.08. The van der Waals surface area contributed by atoms with Crippen molar-refractivity contribution >= 4 is 46.3 Å². The van der Waals surface area contributed by atoms with Crippen LogP contribution in [0.1, 0.15) is 22.8 Å². The van der Waals surface area contributed by atoms with Crippen LogP contribution in [0.2, 0.25) is 5.02 Å². The van der Waals surface area contributed by atoms with Crippen LogP contribution in [0.15, 0.2) is 42.5 Å². The Kier molecular flexibility index (Phi) is 6.50. The summed E-state index contributed by atoms with van der Waals surface area (Å²) < 4.78 is 5.45. The first-order chi connectivity index (χ1) is 11.8. The number of thiocarbonyl (C=S) groups is 1. The fourth-order valence-electron chi connectivity index (χ4n) is 2.06. The molecule has 2 aromatic rings. The first-order valence-electron chi connectivity index (χ1n) is 7.46. The van der Waals surface area contributed by atoms with E-state index in [0.717, 1.165) is 5.56 Å². The van der Waals surface area contributed by atoms with Gasteiger partial charge in [-0.15, -0.1) is 0 Å². The second kappa shape index (κ2) is 8.60. The van der Waals surface area contributed by atoms with E-state index in [9.17, 15) is 9.59 Å². The maximum Gasteiger partial charge on any atom is 0.264 e. The van der Waals surface area contributed by atoms with Crippen molar-refractivity contribution < 1.29 is 14.3 Å². The molecule has 0 spiro atoms. The van der Waals surface area contributed by atoms with Gasteiger partial charge in [-0.2, -0.15) is 0 Å². The Morgan fingerprint density at radius 2 is 1.96 bits per heavy atom. The zero-order valence-electron chi connectivity index (χ0n) is 13.8. The third-order valence-electron chi connectivity index (χ3n) is 3.28. The number of anilines is 1. The van der Waals surface area contributed by atoms with Crippen LogP contribution in [0.4, 0.5) is 5.69 Å². The number of carbonyl (C=O) groups is 2. The minimum atomic E-state index is -0.394. The zero-order chi connectivity index (χ0) is 18.4. The minimum absolute atomic E-state index is 0.0506. The average Bonchev–Trinajstić information content (AvgIpc) is 2.54. The summed E-state index contributed by atoms with van der Waals surface area (Å²) in [5.74, 6) is 0.132. The van der Waals surface area contributed by atoms with Crippen LogP contribution in [0.3, 0.4) is 0 Å². The van der Waals surface area contributed by atoms with E-state index in [2.05, 4.69) is 10.6 Å². The van der Waals surface area contributed by atoms with Gasteiger partial charge in [-0.3, -0.25) is 14.9 Å². The van der Waals surface area contributed by atoms with Gasteiger partial charge in [0.1, 0.15) is 5.75 Å². The van der Waals surface area contributed by atoms with Gasteiger partial charge in [-0.05, 0) is 62.0 Å². The van der Waals surface area contributed by atoms with Crippen molar-refractivity contribution in [3.63, 3.8) is 0 Å². The lowest BCUT2D eigenvalue weighted by molar-refractivity contribution is -0.121. The van der Waals surface area contributed by atoms with Gasteiger partial charge in [-0.1, -0.05) is 23.7 Å². The van der Waals surface area contributed by atoms with Gasteiger partial charge in [0.25, 0.3) is 5.91 Å². The highest BCUT2D eigenvalue weighted by molar-refractivity contribution is 7.80. The summed E-state index contributed by atoms with van der Waals surface area (Å²) in [5, 5.41) is 6.11. The SMILES string of the molecule is CC(=O)c1cccc(NC(=S)NC(=O)COc2ccc(Cl)cc2C)c1. The van der Waals surface area contributed by atoms with Gasteiger partial charge in [-0.25, -0.2) is 0 Å². The zero-order valence-corrected chi connectivity index (χ0v) is 15.3. The van der Waals surface area contributed by atoms with E-state index in [1.54, 1.807) is 42.5 Å². The fourth-order valence-corrected chi connectivity index (χ4v) is 2.52. The van der Waals surface area contributed by atoms with Crippen LogP contribution >= 0.6 is 23.8 Å². The molecule has 2 N–H and O–H groups in total. The maximum absolute atomic E-state index is 11.9. The Morgan fingerprint density at radius 3 is 2.64 bits per heavy atom. The predicted molar refractivity (Wildman–Crippen MR) is 102 cm³/mol. The second-order valence-electron chi connectivity index (χ2n) is 5.34. The molecule has 0 saturated carbocycles. The number of ether oxygens (including phenoxy) is 1. The molecule has 0 aliphatic rings. The Labute approximate surface area is 156 Å². The van der Waals surface area contributed by atoms with Crippen molar-refractivity contribution in [3.05, 3.63) is 58.6 Å². The number of rotatable bonds is 5. The molecule has 0 unspecified atom stereocenters. The molecule has 25 heavy (non-hydrogen) atoms. The van der Waals surface area contributed by atoms with Crippen molar-refractivity contribution in [2.75, 3.05) is 11.9 Å². The molecule has 0 heterocycles. The number of halogens is 1. The number of amides is 1. The molecule has 7 heteroatoms. The molecular weight excluding hydrogens is 360 g/mol. The Bertz CT molecular complexity index is 824. The van der Waals surface area contributed by atoms with Crippen molar-refractivity contribution in [2.24, 2.45) is 0 Å². The molecule has 0 atom stereocenters. The third kappa shape index (κ3) is 5.85. The van der Waals surface area contributed by atoms with Gasteiger partial charge in [0.05, 0.1) is 0 Å². The number of Topliss-reactive ketones (excluding diaryl/α,β-unsaturated/α-hetero) is 1. The molecule has 0 aliphatic carbocycles. The van der Waals surface area contributed by atoms with Crippen LogP contribution < -0.4 is 15.4 Å². The molecule has 0 bridgehead atoms. The Balaban J connectivity index is 1.86. The van der Waals surface area contributed by atoms with E-state index in [4.69, 9.17) is 28.6 Å². The molecular formula is C18H17ClN2O3S. The smallest absolute Gasteiger partial charge is 0.264 e. The van der Waals surface area contributed by atoms with Crippen LogP contribution in [-0.4, -0.2) is 23.4 Å². The van der Waals surface area contributed by atoms with E-state index in [1.165, 1.54) is 6.92 Å². The van der Waals surface area contributed by atoms with Gasteiger partial charge in [0.2, 0.25) is 0 Å². The van der Waals surface area contributed by atoms with E-state index in [1.807, 2.05) is 6.92 Å². The van der Waals surface area contributed by atoms with Crippen LogP contribution in [-0.2, 0) is 4.79 Å². The van der Waals surface area contributed by atoms with Gasteiger partial charge in [0, 0.05) is 16.3 Å². The number of nitrogens with one attached hydrogen (secondary N) is 2. The molecule has 0 aliphatic heterocycles. The Hall–Kier alpha value is -2.44. The standard InChI is InChI=1S/C18H17ClN2O3S/c1-11-8-14(19)6-7-16(11)24-10-17(23)21-18(25)20-15-5-3-4-13(9-15)12(2)22/h3-9H,10H2,1-2H3,(H2,20,21,23,25). The lowest BCUT2D eigenvalue weighted by atomic mass is 10.1. The van der Waals surface area contributed by atoms with Crippen molar-refractivity contribution in [1.82, 2.24) is 5.32 Å². The number of benzene rings is 2. The Morgan fingerprint density at radius 1 is 1.20 bits per heavy atom. The summed E-state index contributed by atoms with van der Waals surface area (Å²) in [7, 11) is 0. The minimum Gasteiger partial charge on any atom is -0.483 e. The molecule has 1 amide bonds. The molecule has 130 valence electrons. The molecule has 2 aromatic carbocycles. The molecule has 0 fully saturated rings. The topological polar surface area (TPSA) is 67.4 Å². The first kappa shape index (κ1) is 18.9. The van der Waals surface area contributed by atoms with Gasteiger partial charge < -0.3 is 10.1 Å². The van der Waals surface area contributed by atoms with Crippen molar-refractivity contribution in [1.29, 1.82) is 0 Å². The van der Waals surface area contributed by atoms with E-state index in [-0.39, 0.29) is 17.5 Å². The summed E-state index contributed by atoms with van der Waals surface area (Å²) in [6.45, 7) is 3.14. The predicted octanol–water partition coefficient (Wildman–Crippen LogP) is 3.74. The lowest BCUT2D eigenvalue weighted by Gasteiger charge is -2.12. The summed E-state index contributed by atoms with van der Waals surface area (Å²) in [6, 6.07) is 12.0. The summed E-state index contributed by atoms with van der Waals surface area (Å²) >= 11 is 11.0. The second-order valence-corrected chi connectivity index (χ2v) is 6.18. The highest BCUT2D eigenvalue weighted by Crippen LogP contribution is 2.21. The van der Waals surface area contributed by atoms with Crippen molar-refractivity contribution in [3.8, 4) is 5.75 Å². The fraction of sp³-hybridized carbons (Fsp3) is 0.167. The van der Waals surface area contributed by atoms with E-state index >= 15 is 0 Å². The number of hydrogen-bond donors (Lipinski definition) is 2. The normalized spacial score (nSPS) is 10.0. The molecule has 0 aromatic heterocycles. The van der Waals surface area contributed by atoms with E-state index in [0.29, 0.717) is 22.0 Å². The molecule has 0 radical (unpaired) electrons. The maximum atomic E-state index is 11.9. The quantitative estimate of drug-likeness (QED) is 0.614. The van der Waals surface area contributed by atoms with Crippen LogP contribution in [0.25, 0.3) is 0 Å². The van der Waals surface area contributed by atoms with Crippen LogP contribution in [0, 0.1) is 6.92 Å². The number of ketones is 1. The molecule has 5 nitrogen and oxygen atoms in total. The van der Waals surface area contributed by atoms with E-state index < -0.39 is 5.91 Å². The monoisotopic (exact) mass is 376 g/mol. The van der Waals surface area contributed by atoms with Gasteiger partial charge >= 0.3 is 0 Å². The first-order valence-corrected chi connectivity index (χ1v) is 8.24.